The van der Waals surface area contributed by atoms with E-state index in [-0.39, 0.29) is 6.61 Å². The van der Waals surface area contributed by atoms with Crippen molar-refractivity contribution in [3.63, 3.8) is 0 Å². The molecular weight excluding hydrogens is 273 g/mol. The first kappa shape index (κ1) is 17.3. The maximum absolute atomic E-state index is 11.9. The van der Waals surface area contributed by atoms with Crippen LogP contribution in [0.15, 0.2) is 0 Å². The Balaban J connectivity index is 4.82. The molecule has 7 nitrogen and oxygen atoms in total. The Labute approximate surface area is 106 Å². The Morgan fingerprint density at radius 3 is 2.05 bits per heavy atom. The number of rotatable bonds is 6. The van der Waals surface area contributed by atoms with E-state index in [0.717, 1.165) is 0 Å². The van der Waals surface area contributed by atoms with Crippen molar-refractivity contribution in [3.05, 3.63) is 0 Å². The van der Waals surface area contributed by atoms with E-state index in [0.29, 0.717) is 0 Å². The molecule has 0 heterocycles. The van der Waals surface area contributed by atoms with Crippen LogP contribution in [-0.2, 0) is 23.9 Å². The fourth-order valence-corrected chi connectivity index (χ4v) is 1.03. The van der Waals surface area contributed by atoms with Crippen LogP contribution in [-0.4, -0.2) is 36.4 Å². The van der Waals surface area contributed by atoms with E-state index in [1.54, 1.807) is 0 Å². The average molecular weight is 286 g/mol. The molecule has 0 aliphatic rings. The molecule has 19 heavy (non-hydrogen) atoms. The van der Waals surface area contributed by atoms with Crippen molar-refractivity contribution in [2.24, 2.45) is 11.5 Å². The summed E-state index contributed by atoms with van der Waals surface area (Å²) in [5.41, 5.74) is 7.84. The maximum Gasteiger partial charge on any atom is 0.491 e. The summed E-state index contributed by atoms with van der Waals surface area (Å²) in [5, 5.41) is 0. The van der Waals surface area contributed by atoms with Gasteiger partial charge in [0.15, 0.2) is 0 Å². The van der Waals surface area contributed by atoms with E-state index in [1.807, 2.05) is 0 Å². The molecule has 0 aromatic rings. The number of carbonyl (C=O) groups is 3. The zero-order chi connectivity index (χ0) is 15.3. The summed E-state index contributed by atoms with van der Waals surface area (Å²) in [6.07, 6.45) is -6.28. The third-order valence-corrected chi connectivity index (χ3v) is 1.91. The summed E-state index contributed by atoms with van der Waals surface area (Å²) in [7, 11) is 0. The Bertz CT molecular complexity index is 371. The van der Waals surface area contributed by atoms with Gasteiger partial charge in [-0.15, -0.1) is 0 Å². The SMILES string of the molecule is CCO[C@](N)(CCC(N)=O)C(=O)OC(=O)C(F)(F)F. The molecule has 110 valence electrons. The van der Waals surface area contributed by atoms with Crippen LogP contribution in [0.3, 0.4) is 0 Å². The van der Waals surface area contributed by atoms with Gasteiger partial charge in [0.05, 0.1) is 0 Å². The second-order valence-corrected chi connectivity index (χ2v) is 3.46. The molecule has 0 aromatic carbocycles. The van der Waals surface area contributed by atoms with Crippen LogP contribution in [0.2, 0.25) is 0 Å². The molecule has 0 fully saturated rings. The van der Waals surface area contributed by atoms with E-state index in [9.17, 15) is 27.6 Å². The van der Waals surface area contributed by atoms with E-state index in [4.69, 9.17) is 16.2 Å². The highest BCUT2D eigenvalue weighted by atomic mass is 19.4. The van der Waals surface area contributed by atoms with E-state index >= 15 is 0 Å². The Kier molecular flexibility index (Phi) is 5.90. The molecule has 1 atom stereocenters. The van der Waals surface area contributed by atoms with Crippen molar-refractivity contribution >= 4 is 17.8 Å². The first-order valence-corrected chi connectivity index (χ1v) is 5.07. The van der Waals surface area contributed by atoms with E-state index in [2.05, 4.69) is 4.74 Å². The molecule has 0 aliphatic carbocycles. The van der Waals surface area contributed by atoms with Crippen molar-refractivity contribution in [2.45, 2.75) is 31.7 Å². The highest BCUT2D eigenvalue weighted by molar-refractivity contribution is 5.92. The highest BCUT2D eigenvalue weighted by Gasteiger charge is 2.46. The van der Waals surface area contributed by atoms with Crippen LogP contribution >= 0.6 is 0 Å². The number of hydrogen-bond acceptors (Lipinski definition) is 6. The molecule has 0 aromatic heterocycles. The first-order chi connectivity index (χ1) is 8.53. The molecule has 0 radical (unpaired) electrons. The Hall–Kier alpha value is -1.68. The molecular formula is C9H13F3N2O5. The zero-order valence-electron chi connectivity index (χ0n) is 9.95. The van der Waals surface area contributed by atoms with Crippen molar-refractivity contribution < 1.29 is 37.0 Å². The second-order valence-electron chi connectivity index (χ2n) is 3.46. The van der Waals surface area contributed by atoms with Gasteiger partial charge in [0.25, 0.3) is 0 Å². The second kappa shape index (κ2) is 6.48. The predicted octanol–water partition coefficient (Wildman–Crippen LogP) is -0.424. The molecule has 0 rings (SSSR count). The number of nitrogens with two attached hydrogens (primary N) is 2. The van der Waals surface area contributed by atoms with E-state index in [1.165, 1.54) is 6.92 Å². The molecule has 0 spiro atoms. The third kappa shape index (κ3) is 5.66. The monoisotopic (exact) mass is 286 g/mol. The minimum absolute atomic E-state index is 0.148. The molecule has 0 aliphatic heterocycles. The first-order valence-electron chi connectivity index (χ1n) is 5.07. The molecule has 0 unspecified atom stereocenters. The predicted molar refractivity (Wildman–Crippen MR) is 54.1 cm³/mol. The minimum Gasteiger partial charge on any atom is -0.383 e. The number of alkyl halides is 3. The Morgan fingerprint density at radius 2 is 1.68 bits per heavy atom. The van der Waals surface area contributed by atoms with Crippen LogP contribution in [0.25, 0.3) is 0 Å². The van der Waals surface area contributed by atoms with Gasteiger partial charge in [-0.1, -0.05) is 0 Å². The highest BCUT2D eigenvalue weighted by Crippen LogP contribution is 2.20. The lowest BCUT2D eigenvalue weighted by Crippen LogP contribution is -2.53. The molecule has 1 amide bonds. The number of halogens is 3. The van der Waals surface area contributed by atoms with Gasteiger partial charge in [0.1, 0.15) is 0 Å². The molecule has 0 bridgehead atoms. The quantitative estimate of drug-likeness (QED) is 0.388. The van der Waals surface area contributed by atoms with Gasteiger partial charge in [0, 0.05) is 19.4 Å². The standard InChI is InChI=1S/C9H13F3N2O5/c1-2-18-8(14,4-3-5(13)15)6(16)19-7(17)9(10,11)12/h2-4,14H2,1H3,(H2,13,15)/t8-/m1/s1. The lowest BCUT2D eigenvalue weighted by Gasteiger charge is -2.25. The van der Waals surface area contributed by atoms with Gasteiger partial charge in [0.2, 0.25) is 11.6 Å². The average Bonchev–Trinajstić information content (AvgIpc) is 2.25. The van der Waals surface area contributed by atoms with Crippen LogP contribution < -0.4 is 11.5 Å². The van der Waals surface area contributed by atoms with Crippen molar-refractivity contribution in [1.82, 2.24) is 0 Å². The minimum atomic E-state index is -5.34. The normalized spacial score (nSPS) is 14.6. The molecule has 4 N–H and O–H groups in total. The summed E-state index contributed by atoms with van der Waals surface area (Å²) in [6, 6.07) is 0. The van der Waals surface area contributed by atoms with Gasteiger partial charge >= 0.3 is 18.1 Å². The summed E-state index contributed by atoms with van der Waals surface area (Å²) in [4.78, 5) is 32.4. The fraction of sp³-hybridized carbons (Fsp3) is 0.667. The van der Waals surface area contributed by atoms with Crippen molar-refractivity contribution in [2.75, 3.05) is 6.61 Å². The number of esters is 2. The van der Waals surface area contributed by atoms with Crippen LogP contribution in [0.5, 0.6) is 0 Å². The molecule has 0 saturated heterocycles. The summed E-state index contributed by atoms with van der Waals surface area (Å²) in [6.45, 7) is 1.26. The van der Waals surface area contributed by atoms with E-state index < -0.39 is 42.6 Å². The summed E-state index contributed by atoms with van der Waals surface area (Å²) in [5.74, 6) is -5.30. The molecule has 10 heteroatoms. The topological polar surface area (TPSA) is 122 Å². The zero-order valence-corrected chi connectivity index (χ0v) is 9.95. The van der Waals surface area contributed by atoms with Crippen LogP contribution in [0, 0.1) is 0 Å². The fourth-order valence-electron chi connectivity index (χ4n) is 1.03. The van der Waals surface area contributed by atoms with Crippen LogP contribution in [0.1, 0.15) is 19.8 Å². The van der Waals surface area contributed by atoms with Crippen molar-refractivity contribution in [1.29, 1.82) is 0 Å². The van der Waals surface area contributed by atoms with Gasteiger partial charge in [-0.2, -0.15) is 13.2 Å². The van der Waals surface area contributed by atoms with Gasteiger partial charge in [-0.25, -0.2) is 9.59 Å². The number of carbonyl (C=O) groups excluding carboxylic acids is 3. The number of amides is 1. The van der Waals surface area contributed by atoms with Gasteiger partial charge in [-0.05, 0) is 6.92 Å². The summed E-state index contributed by atoms with van der Waals surface area (Å²) < 4.78 is 44.0. The maximum atomic E-state index is 11.9. The summed E-state index contributed by atoms with van der Waals surface area (Å²) >= 11 is 0. The van der Waals surface area contributed by atoms with Gasteiger partial charge < -0.3 is 15.2 Å². The smallest absolute Gasteiger partial charge is 0.383 e. The van der Waals surface area contributed by atoms with Crippen molar-refractivity contribution in [3.8, 4) is 0 Å². The largest absolute Gasteiger partial charge is 0.491 e. The molecule has 0 saturated carbocycles. The van der Waals surface area contributed by atoms with Crippen LogP contribution in [0.4, 0.5) is 13.2 Å². The van der Waals surface area contributed by atoms with Gasteiger partial charge in [-0.3, -0.25) is 10.5 Å². The third-order valence-electron chi connectivity index (χ3n) is 1.91. The number of ether oxygens (including phenoxy) is 2. The lowest BCUT2D eigenvalue weighted by molar-refractivity contribution is -0.210. The Morgan fingerprint density at radius 1 is 1.16 bits per heavy atom. The lowest BCUT2D eigenvalue weighted by atomic mass is 10.1. The number of primary amides is 1. The number of hydrogen-bond donors (Lipinski definition) is 2.